The number of aryl methyl sites for hydroxylation is 1. The third-order valence-electron chi connectivity index (χ3n) is 2.16. The predicted octanol–water partition coefficient (Wildman–Crippen LogP) is -1.17. The molecule has 10 heteroatoms. The minimum absolute atomic E-state index is 0.0841. The number of nitrogens with zero attached hydrogens (tertiary/aromatic N) is 1. The van der Waals surface area contributed by atoms with Crippen LogP contribution in [0.3, 0.4) is 0 Å². The lowest BCUT2D eigenvalue weighted by Gasteiger charge is -2.06. The number of aromatic carboxylic acids is 1. The van der Waals surface area contributed by atoms with Crippen LogP contribution in [0.25, 0.3) is 0 Å². The molecule has 1 aromatic rings. The number of H-pyrrole nitrogens is 1. The molecular formula is C9H14N4O5S. The molecule has 0 fully saturated rings. The van der Waals surface area contributed by atoms with Gasteiger partial charge < -0.3 is 10.4 Å². The van der Waals surface area contributed by atoms with Gasteiger partial charge in [0.1, 0.15) is 4.90 Å². The zero-order valence-corrected chi connectivity index (χ0v) is 11.2. The van der Waals surface area contributed by atoms with Crippen molar-refractivity contribution in [3.05, 3.63) is 11.4 Å². The second-order valence-electron chi connectivity index (χ2n) is 3.61. The second kappa shape index (κ2) is 5.80. The summed E-state index contributed by atoms with van der Waals surface area (Å²) < 4.78 is 25.9. The minimum Gasteiger partial charge on any atom is -0.476 e. The fourth-order valence-electron chi connectivity index (χ4n) is 1.39. The zero-order chi connectivity index (χ0) is 14.6. The van der Waals surface area contributed by atoms with Gasteiger partial charge in [0.2, 0.25) is 15.9 Å². The Morgan fingerprint density at radius 1 is 1.42 bits per heavy atom. The summed E-state index contributed by atoms with van der Waals surface area (Å²) in [7, 11) is -4.12. The Balaban J connectivity index is 2.98. The van der Waals surface area contributed by atoms with E-state index in [-0.39, 0.29) is 5.69 Å². The van der Waals surface area contributed by atoms with E-state index in [2.05, 4.69) is 15.5 Å². The molecule has 0 aromatic carbocycles. The van der Waals surface area contributed by atoms with E-state index in [1.54, 1.807) is 6.92 Å². The molecule has 0 spiro atoms. The number of sulfonamides is 1. The molecule has 1 aromatic heterocycles. The third kappa shape index (κ3) is 3.51. The van der Waals surface area contributed by atoms with Crippen molar-refractivity contribution in [3.8, 4) is 0 Å². The summed E-state index contributed by atoms with van der Waals surface area (Å²) in [5.41, 5.74) is -0.526. The Kier molecular flexibility index (Phi) is 4.62. The van der Waals surface area contributed by atoms with Crippen molar-refractivity contribution >= 4 is 21.9 Å². The quantitative estimate of drug-likeness (QED) is 0.520. The van der Waals surface area contributed by atoms with Crippen molar-refractivity contribution in [2.75, 3.05) is 13.1 Å². The fraction of sp³-hybridized carbons (Fsp3) is 0.444. The molecule has 9 nitrogen and oxygen atoms in total. The number of carbonyl (C=O) groups is 2. The first-order valence-electron chi connectivity index (χ1n) is 5.34. The largest absolute Gasteiger partial charge is 0.476 e. The molecule has 0 bridgehead atoms. The highest BCUT2D eigenvalue weighted by molar-refractivity contribution is 7.89. The van der Waals surface area contributed by atoms with E-state index in [4.69, 9.17) is 5.11 Å². The molecule has 106 valence electrons. The molecule has 1 amide bonds. The zero-order valence-electron chi connectivity index (χ0n) is 10.3. The summed E-state index contributed by atoms with van der Waals surface area (Å²) in [5, 5.41) is 16.9. The van der Waals surface area contributed by atoms with Crippen molar-refractivity contribution in [2.45, 2.75) is 18.7 Å². The lowest BCUT2D eigenvalue weighted by molar-refractivity contribution is -0.119. The fourth-order valence-corrected chi connectivity index (χ4v) is 2.69. The van der Waals surface area contributed by atoms with Crippen LogP contribution >= 0.6 is 0 Å². The number of hydrogen-bond acceptors (Lipinski definition) is 5. The van der Waals surface area contributed by atoms with Crippen LogP contribution in [-0.4, -0.2) is 48.7 Å². The molecule has 1 rings (SSSR count). The molecule has 0 radical (unpaired) electrons. The summed E-state index contributed by atoms with van der Waals surface area (Å²) in [4.78, 5) is 21.6. The van der Waals surface area contributed by atoms with Gasteiger partial charge in [-0.05, 0) is 13.8 Å². The molecule has 4 N–H and O–H groups in total. The lowest BCUT2D eigenvalue weighted by Crippen LogP contribution is -2.37. The van der Waals surface area contributed by atoms with E-state index in [9.17, 15) is 18.0 Å². The summed E-state index contributed by atoms with van der Waals surface area (Å²) in [6.07, 6.45) is 0. The van der Waals surface area contributed by atoms with Crippen molar-refractivity contribution in [3.63, 3.8) is 0 Å². The number of nitrogens with one attached hydrogen (secondary N) is 3. The van der Waals surface area contributed by atoms with Crippen LogP contribution < -0.4 is 10.0 Å². The van der Waals surface area contributed by atoms with Crippen molar-refractivity contribution in [2.24, 2.45) is 0 Å². The molecule has 0 saturated heterocycles. The maximum atomic E-state index is 11.9. The molecule has 0 aliphatic carbocycles. The monoisotopic (exact) mass is 290 g/mol. The number of carbonyl (C=O) groups excluding carboxylic acids is 1. The highest BCUT2D eigenvalue weighted by Crippen LogP contribution is 2.17. The topological polar surface area (TPSA) is 141 Å². The number of hydrogen-bond donors (Lipinski definition) is 4. The van der Waals surface area contributed by atoms with Crippen LogP contribution in [-0.2, 0) is 14.8 Å². The highest BCUT2D eigenvalue weighted by Gasteiger charge is 2.28. The minimum atomic E-state index is -4.12. The maximum absolute atomic E-state index is 11.9. The number of likely N-dealkylation sites (N-methyl/N-ethyl adjacent to an activating group) is 1. The molecule has 0 aliphatic rings. The molecule has 0 aliphatic heterocycles. The summed E-state index contributed by atoms with van der Waals surface area (Å²) >= 11 is 0. The summed E-state index contributed by atoms with van der Waals surface area (Å²) in [5.74, 6) is -1.98. The molecule has 0 unspecified atom stereocenters. The van der Waals surface area contributed by atoms with Gasteiger partial charge in [-0.3, -0.25) is 9.89 Å². The van der Waals surface area contributed by atoms with Crippen molar-refractivity contribution in [1.82, 2.24) is 20.2 Å². The van der Waals surface area contributed by atoms with Crippen LogP contribution in [0.4, 0.5) is 0 Å². The number of rotatable bonds is 6. The van der Waals surface area contributed by atoms with E-state index in [0.717, 1.165) is 0 Å². The molecule has 0 atom stereocenters. The van der Waals surface area contributed by atoms with E-state index in [1.165, 1.54) is 6.92 Å². The SMILES string of the molecule is CCNC(=O)CNS(=O)(=O)c1c(C(=O)O)n[nH]c1C. The van der Waals surface area contributed by atoms with Gasteiger partial charge in [-0.25, -0.2) is 17.9 Å². The Bertz CT molecular complexity index is 592. The highest BCUT2D eigenvalue weighted by atomic mass is 32.2. The van der Waals surface area contributed by atoms with Gasteiger partial charge in [-0.15, -0.1) is 0 Å². The number of amides is 1. The standard InChI is InChI=1S/C9H14N4O5S/c1-3-10-6(14)4-11-19(17,18)8-5(2)12-13-7(8)9(15)16/h11H,3-4H2,1-2H3,(H,10,14)(H,12,13)(H,15,16). The van der Waals surface area contributed by atoms with E-state index < -0.39 is 39.0 Å². The van der Waals surface area contributed by atoms with Crippen LogP contribution in [0, 0.1) is 6.92 Å². The molecule has 0 saturated carbocycles. The molecule has 19 heavy (non-hydrogen) atoms. The van der Waals surface area contributed by atoms with E-state index >= 15 is 0 Å². The maximum Gasteiger partial charge on any atom is 0.357 e. The lowest BCUT2D eigenvalue weighted by atomic mass is 10.4. The van der Waals surface area contributed by atoms with Crippen LogP contribution in [0.5, 0.6) is 0 Å². The van der Waals surface area contributed by atoms with Gasteiger partial charge in [-0.2, -0.15) is 5.10 Å². The molecular weight excluding hydrogens is 276 g/mol. The Labute approximate surface area is 109 Å². The van der Waals surface area contributed by atoms with Crippen LogP contribution in [0.1, 0.15) is 23.1 Å². The van der Waals surface area contributed by atoms with Crippen LogP contribution in [0.2, 0.25) is 0 Å². The molecule has 1 heterocycles. The van der Waals surface area contributed by atoms with Gasteiger partial charge in [0.05, 0.1) is 12.2 Å². The van der Waals surface area contributed by atoms with Gasteiger partial charge in [0.15, 0.2) is 5.69 Å². The normalized spacial score (nSPS) is 11.3. The van der Waals surface area contributed by atoms with E-state index in [1.807, 2.05) is 4.72 Å². The van der Waals surface area contributed by atoms with Gasteiger partial charge in [0, 0.05) is 6.54 Å². The first kappa shape index (κ1) is 15.1. The first-order valence-corrected chi connectivity index (χ1v) is 6.82. The number of carboxylic acid groups (broad SMARTS) is 1. The Morgan fingerprint density at radius 2 is 2.05 bits per heavy atom. The Hall–Kier alpha value is -1.94. The third-order valence-corrected chi connectivity index (χ3v) is 3.72. The van der Waals surface area contributed by atoms with Gasteiger partial charge in [-0.1, -0.05) is 0 Å². The van der Waals surface area contributed by atoms with E-state index in [0.29, 0.717) is 6.54 Å². The van der Waals surface area contributed by atoms with Crippen LogP contribution in [0.15, 0.2) is 4.90 Å². The summed E-state index contributed by atoms with van der Waals surface area (Å²) in [6, 6.07) is 0. The average molecular weight is 290 g/mol. The van der Waals surface area contributed by atoms with Crippen molar-refractivity contribution in [1.29, 1.82) is 0 Å². The smallest absolute Gasteiger partial charge is 0.357 e. The number of aromatic nitrogens is 2. The number of aromatic amines is 1. The average Bonchev–Trinajstić information content (AvgIpc) is 2.70. The summed E-state index contributed by atoms with van der Waals surface area (Å²) in [6.45, 7) is 2.96. The predicted molar refractivity (Wildman–Crippen MR) is 64.2 cm³/mol. The van der Waals surface area contributed by atoms with Crippen molar-refractivity contribution < 1.29 is 23.1 Å². The van der Waals surface area contributed by atoms with Gasteiger partial charge in [0.25, 0.3) is 0 Å². The Morgan fingerprint density at radius 3 is 2.58 bits per heavy atom. The second-order valence-corrected chi connectivity index (χ2v) is 5.31. The van der Waals surface area contributed by atoms with Gasteiger partial charge >= 0.3 is 5.97 Å². The first-order chi connectivity index (χ1) is 8.79. The number of carboxylic acids is 1.